The van der Waals surface area contributed by atoms with Crippen LogP contribution in [0.5, 0.6) is 0 Å². The molecule has 0 spiro atoms. The first-order chi connectivity index (χ1) is 7.18. The lowest BCUT2D eigenvalue weighted by molar-refractivity contribution is 0.382. The molecule has 0 radical (unpaired) electrons. The van der Waals surface area contributed by atoms with E-state index < -0.39 is 0 Å². The van der Waals surface area contributed by atoms with Gasteiger partial charge in [0.05, 0.1) is 10.2 Å². The molecule has 1 aromatic rings. The smallest absolute Gasteiger partial charge is 0.0592 e. The molecule has 1 fully saturated rings. The maximum Gasteiger partial charge on any atom is 0.0592 e. The fraction of sp³-hybridized carbons (Fsp3) is 0.545. The molecule has 2 unspecified atom stereocenters. The van der Waals surface area contributed by atoms with E-state index in [1.807, 2.05) is 18.5 Å². The summed E-state index contributed by atoms with van der Waals surface area (Å²) in [7, 11) is 0. The third-order valence-corrected chi connectivity index (χ3v) is 3.67. The maximum atomic E-state index is 6.01. The third kappa shape index (κ3) is 2.32. The molecule has 0 bridgehead atoms. The van der Waals surface area contributed by atoms with Crippen LogP contribution >= 0.6 is 15.9 Å². The van der Waals surface area contributed by atoms with Gasteiger partial charge in [-0.25, -0.2) is 0 Å². The van der Waals surface area contributed by atoms with E-state index in [2.05, 4.69) is 32.7 Å². The zero-order valence-electron chi connectivity index (χ0n) is 8.86. The minimum Gasteiger partial charge on any atom is -0.370 e. The summed E-state index contributed by atoms with van der Waals surface area (Å²) >= 11 is 3.53. The highest BCUT2D eigenvalue weighted by molar-refractivity contribution is 9.10. The number of anilines is 1. The minimum atomic E-state index is 0.349. The van der Waals surface area contributed by atoms with Crippen molar-refractivity contribution < 1.29 is 0 Å². The van der Waals surface area contributed by atoms with Crippen LogP contribution in [0.3, 0.4) is 0 Å². The van der Waals surface area contributed by atoms with Crippen LogP contribution in [0.15, 0.2) is 22.9 Å². The molecule has 2 N–H and O–H groups in total. The number of hydrogen-bond acceptors (Lipinski definition) is 3. The molecule has 1 aromatic heterocycles. The van der Waals surface area contributed by atoms with Gasteiger partial charge in [0.1, 0.15) is 0 Å². The molecule has 0 aromatic carbocycles. The molecule has 2 heterocycles. The minimum absolute atomic E-state index is 0.349. The highest BCUT2D eigenvalue weighted by atomic mass is 79.9. The van der Waals surface area contributed by atoms with Crippen molar-refractivity contribution in [3.63, 3.8) is 0 Å². The van der Waals surface area contributed by atoms with Gasteiger partial charge in [-0.3, -0.25) is 4.98 Å². The fourth-order valence-corrected chi connectivity index (χ4v) is 2.51. The van der Waals surface area contributed by atoms with Crippen molar-refractivity contribution in [2.45, 2.75) is 19.4 Å². The zero-order chi connectivity index (χ0) is 10.8. The first-order valence-corrected chi connectivity index (χ1v) is 6.08. The first-order valence-electron chi connectivity index (χ1n) is 5.28. The van der Waals surface area contributed by atoms with Crippen LogP contribution in [0.25, 0.3) is 0 Å². The van der Waals surface area contributed by atoms with Crippen LogP contribution in [0, 0.1) is 5.92 Å². The number of aromatic nitrogens is 1. The molecule has 3 nitrogen and oxygen atoms in total. The van der Waals surface area contributed by atoms with E-state index in [9.17, 15) is 0 Å². The Kier molecular flexibility index (Phi) is 3.26. The lowest BCUT2D eigenvalue weighted by Crippen LogP contribution is -2.46. The summed E-state index contributed by atoms with van der Waals surface area (Å²) < 4.78 is 1.06. The Morgan fingerprint density at radius 1 is 1.60 bits per heavy atom. The van der Waals surface area contributed by atoms with Crippen molar-refractivity contribution in [3.8, 4) is 0 Å². The summed E-state index contributed by atoms with van der Waals surface area (Å²) in [5.41, 5.74) is 7.23. The van der Waals surface area contributed by atoms with Gasteiger partial charge in [-0.15, -0.1) is 0 Å². The van der Waals surface area contributed by atoms with Gasteiger partial charge in [0, 0.05) is 31.5 Å². The average Bonchev–Trinajstić information content (AvgIpc) is 2.23. The molecular formula is C11H16BrN3. The molecule has 0 saturated carbocycles. The van der Waals surface area contributed by atoms with Gasteiger partial charge >= 0.3 is 0 Å². The topological polar surface area (TPSA) is 42.2 Å². The molecule has 2 atom stereocenters. The van der Waals surface area contributed by atoms with Crippen molar-refractivity contribution in [2.24, 2.45) is 11.7 Å². The highest BCUT2D eigenvalue weighted by Gasteiger charge is 2.23. The van der Waals surface area contributed by atoms with Crippen LogP contribution in [0.2, 0.25) is 0 Å². The second kappa shape index (κ2) is 4.49. The Bertz CT molecular complexity index is 342. The average molecular weight is 270 g/mol. The van der Waals surface area contributed by atoms with Gasteiger partial charge in [-0.05, 0) is 34.3 Å². The Balaban J connectivity index is 2.15. The van der Waals surface area contributed by atoms with Gasteiger partial charge in [0.15, 0.2) is 0 Å². The molecule has 0 aliphatic carbocycles. The van der Waals surface area contributed by atoms with Crippen LogP contribution in [-0.4, -0.2) is 24.1 Å². The van der Waals surface area contributed by atoms with Crippen LogP contribution < -0.4 is 10.6 Å². The quantitative estimate of drug-likeness (QED) is 0.848. The fourth-order valence-electron chi connectivity index (χ4n) is 2.01. The molecule has 82 valence electrons. The van der Waals surface area contributed by atoms with Crippen LogP contribution in [0.4, 0.5) is 5.69 Å². The number of halogens is 1. The highest BCUT2D eigenvalue weighted by Crippen LogP contribution is 2.28. The van der Waals surface area contributed by atoms with E-state index in [4.69, 9.17) is 5.73 Å². The molecule has 2 rings (SSSR count). The van der Waals surface area contributed by atoms with Crippen molar-refractivity contribution >= 4 is 21.6 Å². The van der Waals surface area contributed by atoms with Crippen LogP contribution in [-0.2, 0) is 0 Å². The summed E-state index contributed by atoms with van der Waals surface area (Å²) in [6, 6.07) is 2.40. The largest absolute Gasteiger partial charge is 0.370 e. The van der Waals surface area contributed by atoms with Gasteiger partial charge in [-0.1, -0.05) is 6.92 Å². The third-order valence-electron chi connectivity index (χ3n) is 3.06. The van der Waals surface area contributed by atoms with E-state index in [-0.39, 0.29) is 0 Å². The number of pyridine rings is 1. The normalized spacial score (nSPS) is 26.7. The molecular weight excluding hydrogens is 254 g/mol. The first kappa shape index (κ1) is 10.9. The standard InChI is InChI=1S/C11H16BrN3/c1-8-7-15(5-3-10(8)13)11-2-4-14-6-9(11)12/h2,4,6,8,10H,3,5,7,13H2,1H3. The number of hydrogen-bond donors (Lipinski definition) is 1. The van der Waals surface area contributed by atoms with E-state index in [0.29, 0.717) is 12.0 Å². The number of nitrogens with two attached hydrogens (primary N) is 1. The molecule has 1 saturated heterocycles. The number of piperidine rings is 1. The van der Waals surface area contributed by atoms with Crippen LogP contribution in [0.1, 0.15) is 13.3 Å². The number of rotatable bonds is 1. The van der Waals surface area contributed by atoms with E-state index in [1.54, 1.807) is 0 Å². The van der Waals surface area contributed by atoms with Crippen molar-refractivity contribution in [3.05, 3.63) is 22.9 Å². The second-order valence-corrected chi connectivity index (χ2v) is 5.06. The summed E-state index contributed by atoms with van der Waals surface area (Å²) in [6.45, 7) is 4.28. The van der Waals surface area contributed by atoms with E-state index in [1.165, 1.54) is 5.69 Å². The maximum absolute atomic E-state index is 6.01. The summed E-state index contributed by atoms with van der Waals surface area (Å²) in [5, 5.41) is 0. The SMILES string of the molecule is CC1CN(c2ccncc2Br)CCC1N. The van der Waals surface area contributed by atoms with Gasteiger partial charge in [0.25, 0.3) is 0 Å². The monoisotopic (exact) mass is 269 g/mol. The molecule has 0 amide bonds. The molecule has 1 aliphatic heterocycles. The second-order valence-electron chi connectivity index (χ2n) is 4.20. The van der Waals surface area contributed by atoms with Crippen molar-refractivity contribution in [2.75, 3.05) is 18.0 Å². The molecule has 4 heteroatoms. The Hall–Kier alpha value is -0.610. The Morgan fingerprint density at radius 2 is 2.40 bits per heavy atom. The number of nitrogens with zero attached hydrogens (tertiary/aromatic N) is 2. The van der Waals surface area contributed by atoms with Crippen molar-refractivity contribution in [1.82, 2.24) is 4.98 Å². The zero-order valence-corrected chi connectivity index (χ0v) is 10.4. The Labute approximate surface area is 98.8 Å². The van der Waals surface area contributed by atoms with E-state index >= 15 is 0 Å². The lowest BCUT2D eigenvalue weighted by Gasteiger charge is -2.36. The summed E-state index contributed by atoms with van der Waals surface area (Å²) in [5.74, 6) is 0.554. The van der Waals surface area contributed by atoms with Gasteiger partial charge in [0.2, 0.25) is 0 Å². The van der Waals surface area contributed by atoms with E-state index in [0.717, 1.165) is 24.0 Å². The Morgan fingerprint density at radius 3 is 3.07 bits per heavy atom. The lowest BCUT2D eigenvalue weighted by atomic mass is 9.94. The predicted molar refractivity (Wildman–Crippen MR) is 65.9 cm³/mol. The summed E-state index contributed by atoms with van der Waals surface area (Å²) in [6.07, 6.45) is 4.74. The van der Waals surface area contributed by atoms with Crippen molar-refractivity contribution in [1.29, 1.82) is 0 Å². The summed E-state index contributed by atoms with van der Waals surface area (Å²) in [4.78, 5) is 6.45. The van der Waals surface area contributed by atoms with Gasteiger partial charge in [-0.2, -0.15) is 0 Å². The van der Waals surface area contributed by atoms with Gasteiger partial charge < -0.3 is 10.6 Å². The predicted octanol–water partition coefficient (Wildman–Crippen LogP) is 2.02. The molecule has 1 aliphatic rings. The molecule has 15 heavy (non-hydrogen) atoms.